The molecule has 5 rings (SSSR count). The highest BCUT2D eigenvalue weighted by atomic mass is 32.2. The minimum atomic E-state index is -3.68. The Hall–Kier alpha value is -2.51. The summed E-state index contributed by atoms with van der Waals surface area (Å²) in [6, 6.07) is 13.2. The molecule has 2 fully saturated rings. The van der Waals surface area contributed by atoms with Gasteiger partial charge in [0.15, 0.2) is 0 Å². The molecule has 3 atom stereocenters. The fraction of sp³-hybridized carbons (Fsp3) is 0.440. The molecule has 1 aliphatic carbocycles. The van der Waals surface area contributed by atoms with Gasteiger partial charge in [-0.1, -0.05) is 35.4 Å². The number of esters is 1. The summed E-state index contributed by atoms with van der Waals surface area (Å²) >= 11 is 0. The number of nitrogens with zero attached hydrogens (tertiary/aromatic N) is 2. The zero-order chi connectivity index (χ0) is 22.7. The van der Waals surface area contributed by atoms with Gasteiger partial charge in [-0.3, -0.25) is 9.79 Å². The van der Waals surface area contributed by atoms with Crippen LogP contribution >= 0.6 is 0 Å². The fourth-order valence-electron chi connectivity index (χ4n) is 5.77. The SMILES string of the molecule is COC(=O)[C@H]1C[C@@]12CN(S(=O)(=O)c1ccc(C)cc1)CCC[C@@]21C=Nc2ccc(C)cc21. The van der Waals surface area contributed by atoms with Crippen LogP contribution in [0.25, 0.3) is 0 Å². The smallest absolute Gasteiger partial charge is 0.309 e. The van der Waals surface area contributed by atoms with E-state index in [-0.39, 0.29) is 18.4 Å². The molecule has 0 amide bonds. The van der Waals surface area contributed by atoms with E-state index in [1.54, 1.807) is 16.4 Å². The molecule has 1 saturated carbocycles. The van der Waals surface area contributed by atoms with Gasteiger partial charge in [0.2, 0.25) is 10.0 Å². The molecule has 0 unspecified atom stereocenters. The molecule has 0 aromatic heterocycles. The van der Waals surface area contributed by atoms with E-state index in [0.29, 0.717) is 24.3 Å². The largest absolute Gasteiger partial charge is 0.469 e. The van der Waals surface area contributed by atoms with Gasteiger partial charge in [-0.05, 0) is 56.9 Å². The number of hydrogen-bond acceptors (Lipinski definition) is 5. The predicted octanol–water partition coefficient (Wildman–Crippen LogP) is 3.92. The summed E-state index contributed by atoms with van der Waals surface area (Å²) in [6.45, 7) is 4.69. The molecule has 7 heteroatoms. The third kappa shape index (κ3) is 2.98. The van der Waals surface area contributed by atoms with Crippen LogP contribution in [-0.4, -0.2) is 45.1 Å². The second kappa shape index (κ2) is 7.25. The zero-order valence-electron chi connectivity index (χ0n) is 18.7. The number of aryl methyl sites for hydroxylation is 2. The van der Waals surface area contributed by atoms with Crippen molar-refractivity contribution in [3.05, 3.63) is 59.2 Å². The normalized spacial score (nSPS) is 29.2. The maximum atomic E-state index is 13.6. The molecule has 32 heavy (non-hydrogen) atoms. The molecular formula is C25H28N2O4S. The van der Waals surface area contributed by atoms with E-state index in [1.807, 2.05) is 37.4 Å². The highest BCUT2D eigenvalue weighted by Crippen LogP contribution is 2.68. The van der Waals surface area contributed by atoms with Crippen LogP contribution in [0.15, 0.2) is 52.4 Å². The van der Waals surface area contributed by atoms with E-state index in [9.17, 15) is 13.2 Å². The quantitative estimate of drug-likeness (QED) is 0.662. The third-order valence-corrected chi connectivity index (χ3v) is 9.46. The summed E-state index contributed by atoms with van der Waals surface area (Å²) in [5, 5.41) is 0. The van der Waals surface area contributed by atoms with Crippen LogP contribution in [0.3, 0.4) is 0 Å². The minimum Gasteiger partial charge on any atom is -0.469 e. The number of carbonyl (C=O) groups is 1. The number of sulfonamides is 1. The van der Waals surface area contributed by atoms with Crippen LogP contribution in [0, 0.1) is 25.2 Å². The maximum Gasteiger partial charge on any atom is 0.309 e. The van der Waals surface area contributed by atoms with Gasteiger partial charge in [0.1, 0.15) is 0 Å². The lowest BCUT2D eigenvalue weighted by atomic mass is 9.65. The summed E-state index contributed by atoms with van der Waals surface area (Å²) in [7, 11) is -2.28. The first-order chi connectivity index (χ1) is 15.2. The molecule has 3 aliphatic rings. The molecule has 2 aliphatic heterocycles. The monoisotopic (exact) mass is 452 g/mol. The molecular weight excluding hydrogens is 424 g/mol. The molecule has 168 valence electrons. The fourth-order valence-corrected chi connectivity index (χ4v) is 7.32. The number of hydrogen-bond donors (Lipinski definition) is 0. The van der Waals surface area contributed by atoms with Crippen molar-refractivity contribution >= 4 is 27.9 Å². The topological polar surface area (TPSA) is 76.0 Å². The van der Waals surface area contributed by atoms with Crippen molar-refractivity contribution in [2.75, 3.05) is 20.2 Å². The zero-order valence-corrected chi connectivity index (χ0v) is 19.5. The van der Waals surface area contributed by atoms with Crippen LogP contribution in [-0.2, 0) is 25.0 Å². The van der Waals surface area contributed by atoms with Crippen molar-refractivity contribution < 1.29 is 17.9 Å². The van der Waals surface area contributed by atoms with E-state index >= 15 is 0 Å². The Morgan fingerprint density at radius 3 is 2.56 bits per heavy atom. The Labute approximate surface area is 189 Å². The lowest BCUT2D eigenvalue weighted by Gasteiger charge is -2.37. The highest BCUT2D eigenvalue weighted by molar-refractivity contribution is 7.89. The van der Waals surface area contributed by atoms with Gasteiger partial charge in [0.25, 0.3) is 0 Å². The molecule has 2 aromatic carbocycles. The van der Waals surface area contributed by atoms with Crippen LogP contribution in [0.5, 0.6) is 0 Å². The second-order valence-corrected chi connectivity index (χ2v) is 11.4. The van der Waals surface area contributed by atoms with Crippen molar-refractivity contribution in [2.45, 2.75) is 43.4 Å². The van der Waals surface area contributed by atoms with Gasteiger partial charge in [0, 0.05) is 30.1 Å². The Kier molecular flexibility index (Phi) is 4.84. The molecule has 0 N–H and O–H groups in total. The summed E-state index contributed by atoms with van der Waals surface area (Å²) < 4.78 is 33.9. The molecule has 1 saturated heterocycles. The lowest BCUT2D eigenvalue weighted by Crippen LogP contribution is -2.45. The number of rotatable bonds is 3. The van der Waals surface area contributed by atoms with Gasteiger partial charge in [-0.15, -0.1) is 0 Å². The van der Waals surface area contributed by atoms with Crippen molar-refractivity contribution in [2.24, 2.45) is 16.3 Å². The molecule has 2 heterocycles. The minimum absolute atomic E-state index is 0.270. The van der Waals surface area contributed by atoms with Crippen LogP contribution < -0.4 is 0 Å². The molecule has 6 nitrogen and oxygen atoms in total. The standard InChI is InChI=1S/C25H28N2O4S/c1-17-5-8-19(9-6-17)32(29,30)27-12-4-11-24(25(16-27)14-21(25)23(28)31-3)15-26-22-10-7-18(2)13-20(22)24/h5-10,13,15,21H,4,11-12,14,16H2,1-3H3/t21-,24+,25-/m1/s1. The van der Waals surface area contributed by atoms with Gasteiger partial charge < -0.3 is 4.74 Å². The Balaban J connectivity index is 1.60. The number of ether oxygens (including phenoxy) is 1. The summed E-state index contributed by atoms with van der Waals surface area (Å²) in [6.07, 6.45) is 4.03. The van der Waals surface area contributed by atoms with Crippen LogP contribution in [0.1, 0.15) is 36.0 Å². The summed E-state index contributed by atoms with van der Waals surface area (Å²) in [4.78, 5) is 17.7. The Morgan fingerprint density at radius 1 is 1.12 bits per heavy atom. The van der Waals surface area contributed by atoms with E-state index in [1.165, 1.54) is 7.11 Å². The van der Waals surface area contributed by atoms with Gasteiger partial charge in [0.05, 0.1) is 23.6 Å². The third-order valence-electron chi connectivity index (χ3n) is 7.60. The summed E-state index contributed by atoms with van der Waals surface area (Å²) in [5.74, 6) is -0.618. The van der Waals surface area contributed by atoms with E-state index in [0.717, 1.165) is 28.8 Å². The number of carbonyl (C=O) groups excluding carboxylic acids is 1. The first kappa shape index (κ1) is 21.3. The van der Waals surface area contributed by atoms with Crippen molar-refractivity contribution in [3.8, 4) is 0 Å². The van der Waals surface area contributed by atoms with Crippen LogP contribution in [0.4, 0.5) is 5.69 Å². The second-order valence-electron chi connectivity index (χ2n) is 9.44. The van der Waals surface area contributed by atoms with Gasteiger partial charge in [-0.2, -0.15) is 4.31 Å². The number of benzene rings is 2. The Bertz CT molecular complexity index is 1220. The number of methoxy groups -OCH3 is 1. The molecule has 0 radical (unpaired) electrons. The lowest BCUT2D eigenvalue weighted by molar-refractivity contribution is -0.143. The van der Waals surface area contributed by atoms with Gasteiger partial charge >= 0.3 is 5.97 Å². The predicted molar refractivity (Wildman–Crippen MR) is 123 cm³/mol. The van der Waals surface area contributed by atoms with Crippen molar-refractivity contribution in [1.29, 1.82) is 0 Å². The molecule has 0 bridgehead atoms. The summed E-state index contributed by atoms with van der Waals surface area (Å²) in [5.41, 5.74) is 3.14. The van der Waals surface area contributed by atoms with Gasteiger partial charge in [-0.25, -0.2) is 8.42 Å². The molecule has 2 spiro atoms. The average Bonchev–Trinajstić information content (AvgIpc) is 3.44. The first-order valence-corrected chi connectivity index (χ1v) is 12.5. The van der Waals surface area contributed by atoms with Crippen LogP contribution in [0.2, 0.25) is 0 Å². The highest BCUT2D eigenvalue weighted by Gasteiger charge is 2.72. The van der Waals surface area contributed by atoms with Crippen molar-refractivity contribution in [1.82, 2.24) is 4.31 Å². The first-order valence-electron chi connectivity index (χ1n) is 11.0. The number of aliphatic imine (C=N–C) groups is 1. The Morgan fingerprint density at radius 2 is 1.84 bits per heavy atom. The number of fused-ring (bicyclic) bond motifs is 3. The van der Waals surface area contributed by atoms with E-state index in [4.69, 9.17) is 9.73 Å². The average molecular weight is 453 g/mol. The van der Waals surface area contributed by atoms with E-state index < -0.39 is 20.9 Å². The maximum absolute atomic E-state index is 13.6. The molecule has 2 aromatic rings. The van der Waals surface area contributed by atoms with E-state index in [2.05, 4.69) is 13.0 Å². The van der Waals surface area contributed by atoms with Crippen molar-refractivity contribution in [3.63, 3.8) is 0 Å².